The molecule has 1 aromatic heterocycles. The Labute approximate surface area is 112 Å². The van der Waals surface area contributed by atoms with Gasteiger partial charge in [-0.1, -0.05) is 0 Å². The van der Waals surface area contributed by atoms with Gasteiger partial charge in [0.15, 0.2) is 0 Å². The van der Waals surface area contributed by atoms with Gasteiger partial charge < -0.3 is 25.8 Å². The highest BCUT2D eigenvalue weighted by atomic mass is 16.5. The van der Waals surface area contributed by atoms with Gasteiger partial charge in [0, 0.05) is 19.2 Å². The molecule has 1 fully saturated rings. The zero-order chi connectivity index (χ0) is 13.8. The van der Waals surface area contributed by atoms with Crippen LogP contribution in [-0.2, 0) is 4.74 Å². The zero-order valence-electron chi connectivity index (χ0n) is 11.3. The molecule has 0 aliphatic carbocycles. The molecule has 1 aromatic rings. The van der Waals surface area contributed by atoms with Crippen LogP contribution < -0.4 is 16.0 Å². The quantitative estimate of drug-likeness (QED) is 0.710. The second kappa shape index (κ2) is 6.03. The van der Waals surface area contributed by atoms with E-state index < -0.39 is 0 Å². The molecular weight excluding hydrogens is 246 g/mol. The number of hydrogen-bond acceptors (Lipinski definition) is 7. The van der Waals surface area contributed by atoms with Crippen molar-refractivity contribution in [1.82, 2.24) is 9.97 Å². The van der Waals surface area contributed by atoms with Crippen molar-refractivity contribution in [3.05, 3.63) is 6.07 Å². The topological polar surface area (TPSA) is 96.5 Å². The number of aliphatic hydroxyl groups is 1. The second-order valence-electron chi connectivity index (χ2n) is 4.64. The molecule has 19 heavy (non-hydrogen) atoms. The van der Waals surface area contributed by atoms with Crippen molar-refractivity contribution in [1.29, 1.82) is 0 Å². The van der Waals surface area contributed by atoms with Gasteiger partial charge in [-0.2, -0.15) is 9.97 Å². The van der Waals surface area contributed by atoms with Gasteiger partial charge in [-0.25, -0.2) is 0 Å². The highest BCUT2D eigenvalue weighted by molar-refractivity contribution is 5.53. The number of anilines is 3. The number of nitrogen functional groups attached to an aromatic ring is 1. The highest BCUT2D eigenvalue weighted by Gasteiger charge is 2.27. The lowest BCUT2D eigenvalue weighted by Gasteiger charge is -2.38. The minimum Gasteiger partial charge on any atom is -0.394 e. The van der Waals surface area contributed by atoms with E-state index in [0.29, 0.717) is 19.0 Å². The first-order valence-corrected chi connectivity index (χ1v) is 6.51. The van der Waals surface area contributed by atoms with Gasteiger partial charge in [-0.05, 0) is 13.8 Å². The largest absolute Gasteiger partial charge is 0.394 e. The first kappa shape index (κ1) is 13.8. The smallest absolute Gasteiger partial charge is 0.223 e. The van der Waals surface area contributed by atoms with E-state index in [1.807, 2.05) is 13.0 Å². The first-order valence-electron chi connectivity index (χ1n) is 6.51. The number of aliphatic hydroxyl groups excluding tert-OH is 1. The fourth-order valence-corrected chi connectivity index (χ4v) is 2.12. The summed E-state index contributed by atoms with van der Waals surface area (Å²) < 4.78 is 5.52. The third-order valence-electron chi connectivity index (χ3n) is 3.09. The van der Waals surface area contributed by atoms with E-state index in [2.05, 4.69) is 27.1 Å². The number of ether oxygens (including phenoxy) is 1. The number of rotatable bonds is 4. The minimum atomic E-state index is -0.185. The summed E-state index contributed by atoms with van der Waals surface area (Å²) in [5.74, 6) is 1.72. The Kier molecular flexibility index (Phi) is 4.39. The Morgan fingerprint density at radius 3 is 3.05 bits per heavy atom. The van der Waals surface area contributed by atoms with Crippen LogP contribution in [-0.4, -0.2) is 53.5 Å². The van der Waals surface area contributed by atoms with Crippen LogP contribution in [0, 0.1) is 0 Å². The molecule has 1 saturated heterocycles. The van der Waals surface area contributed by atoms with Crippen molar-refractivity contribution in [3.8, 4) is 0 Å². The average Bonchev–Trinajstić information content (AvgIpc) is 2.39. The van der Waals surface area contributed by atoms with E-state index >= 15 is 0 Å². The molecule has 0 saturated carbocycles. The summed E-state index contributed by atoms with van der Waals surface area (Å²) in [6.45, 7) is 5.99. The average molecular weight is 267 g/mol. The standard InChI is InChI=1S/C12H21N5O2/c1-3-14-10-4-11(16-12(13)15-10)17-5-9(6-18)19-7-8(17)2/h4,8-9,18H,3,5-7H2,1-2H3,(H3,13,14,15,16). The zero-order valence-corrected chi connectivity index (χ0v) is 11.3. The van der Waals surface area contributed by atoms with E-state index in [-0.39, 0.29) is 24.7 Å². The molecule has 7 heteroatoms. The van der Waals surface area contributed by atoms with Crippen LogP contribution in [0.2, 0.25) is 0 Å². The lowest BCUT2D eigenvalue weighted by Crippen LogP contribution is -2.50. The van der Waals surface area contributed by atoms with Crippen LogP contribution in [0.5, 0.6) is 0 Å². The molecule has 0 amide bonds. The van der Waals surface area contributed by atoms with Crippen LogP contribution in [0.15, 0.2) is 6.07 Å². The van der Waals surface area contributed by atoms with Gasteiger partial charge in [0.1, 0.15) is 11.6 Å². The predicted octanol–water partition coefficient (Wildman–Crippen LogP) is 0.0766. The van der Waals surface area contributed by atoms with Crippen molar-refractivity contribution < 1.29 is 9.84 Å². The van der Waals surface area contributed by atoms with Crippen LogP contribution in [0.1, 0.15) is 13.8 Å². The maximum Gasteiger partial charge on any atom is 0.223 e. The summed E-state index contributed by atoms with van der Waals surface area (Å²) in [4.78, 5) is 10.5. The Bertz CT molecular complexity index is 429. The van der Waals surface area contributed by atoms with Gasteiger partial charge in [0.25, 0.3) is 0 Å². The Balaban J connectivity index is 2.23. The molecule has 1 aliphatic heterocycles. The maximum atomic E-state index is 9.21. The molecule has 106 valence electrons. The number of nitrogens with zero attached hydrogens (tertiary/aromatic N) is 3. The van der Waals surface area contributed by atoms with Crippen molar-refractivity contribution >= 4 is 17.6 Å². The SMILES string of the molecule is CCNc1cc(N2CC(CO)OCC2C)nc(N)n1. The summed E-state index contributed by atoms with van der Waals surface area (Å²) in [5.41, 5.74) is 5.74. The molecule has 0 radical (unpaired) electrons. The van der Waals surface area contributed by atoms with Gasteiger partial charge in [-0.3, -0.25) is 0 Å². The van der Waals surface area contributed by atoms with E-state index in [0.717, 1.165) is 12.4 Å². The summed E-state index contributed by atoms with van der Waals surface area (Å²) in [6, 6.07) is 2.06. The molecule has 2 unspecified atom stereocenters. The fourth-order valence-electron chi connectivity index (χ4n) is 2.12. The molecule has 2 atom stereocenters. The number of aromatic nitrogens is 2. The Morgan fingerprint density at radius 2 is 2.37 bits per heavy atom. The molecule has 2 rings (SSSR count). The molecule has 0 spiro atoms. The Morgan fingerprint density at radius 1 is 1.58 bits per heavy atom. The summed E-state index contributed by atoms with van der Waals surface area (Å²) in [7, 11) is 0. The van der Waals surface area contributed by atoms with E-state index in [1.54, 1.807) is 0 Å². The monoisotopic (exact) mass is 267 g/mol. The first-order chi connectivity index (χ1) is 9.13. The Hall–Kier alpha value is -1.60. The summed E-state index contributed by atoms with van der Waals surface area (Å²) >= 11 is 0. The van der Waals surface area contributed by atoms with Crippen LogP contribution in [0.25, 0.3) is 0 Å². The van der Waals surface area contributed by atoms with E-state index in [9.17, 15) is 5.11 Å². The highest BCUT2D eigenvalue weighted by Crippen LogP contribution is 2.22. The third kappa shape index (κ3) is 3.24. The van der Waals surface area contributed by atoms with Gasteiger partial charge in [0.2, 0.25) is 5.95 Å². The summed E-state index contributed by atoms with van der Waals surface area (Å²) in [5, 5.41) is 12.3. The van der Waals surface area contributed by atoms with Crippen LogP contribution in [0.4, 0.5) is 17.6 Å². The van der Waals surface area contributed by atoms with Gasteiger partial charge in [-0.15, -0.1) is 0 Å². The van der Waals surface area contributed by atoms with Crippen molar-refractivity contribution in [2.75, 3.05) is 42.3 Å². The maximum absolute atomic E-state index is 9.21. The predicted molar refractivity (Wildman–Crippen MR) is 74.2 cm³/mol. The molecule has 7 nitrogen and oxygen atoms in total. The normalized spacial score (nSPS) is 23.4. The molecule has 2 heterocycles. The molecule has 1 aliphatic rings. The molecular formula is C12H21N5O2. The minimum absolute atomic E-state index is 0.00382. The third-order valence-corrected chi connectivity index (χ3v) is 3.09. The van der Waals surface area contributed by atoms with Crippen molar-refractivity contribution in [3.63, 3.8) is 0 Å². The fraction of sp³-hybridized carbons (Fsp3) is 0.667. The molecule has 4 N–H and O–H groups in total. The second-order valence-corrected chi connectivity index (χ2v) is 4.64. The van der Waals surface area contributed by atoms with Gasteiger partial charge >= 0.3 is 0 Å². The van der Waals surface area contributed by atoms with Gasteiger partial charge in [0.05, 0.1) is 25.4 Å². The lowest BCUT2D eigenvalue weighted by atomic mass is 10.2. The number of nitrogens with one attached hydrogen (secondary N) is 1. The molecule has 0 aromatic carbocycles. The summed E-state index contributed by atoms with van der Waals surface area (Å²) in [6.07, 6.45) is -0.185. The number of morpholine rings is 1. The van der Waals surface area contributed by atoms with E-state index in [1.165, 1.54) is 0 Å². The molecule has 0 bridgehead atoms. The van der Waals surface area contributed by atoms with E-state index in [4.69, 9.17) is 10.5 Å². The van der Waals surface area contributed by atoms with Crippen molar-refractivity contribution in [2.45, 2.75) is 26.0 Å². The number of hydrogen-bond donors (Lipinski definition) is 3. The lowest BCUT2D eigenvalue weighted by molar-refractivity contribution is -0.0105. The van der Waals surface area contributed by atoms with Crippen LogP contribution >= 0.6 is 0 Å². The van der Waals surface area contributed by atoms with Crippen molar-refractivity contribution in [2.24, 2.45) is 0 Å². The number of nitrogens with two attached hydrogens (primary N) is 1. The van der Waals surface area contributed by atoms with Crippen LogP contribution in [0.3, 0.4) is 0 Å².